The Morgan fingerprint density at radius 2 is 2.36 bits per heavy atom. The van der Waals surface area contributed by atoms with Crippen LogP contribution in [-0.2, 0) is 13.6 Å². The van der Waals surface area contributed by atoms with Crippen molar-refractivity contribution in [2.45, 2.75) is 6.54 Å². The van der Waals surface area contributed by atoms with E-state index >= 15 is 0 Å². The third-order valence-electron chi connectivity index (χ3n) is 1.65. The van der Waals surface area contributed by atoms with E-state index < -0.39 is 0 Å². The first-order valence-corrected chi connectivity index (χ1v) is 4.65. The predicted molar refractivity (Wildman–Crippen MR) is 50.9 cm³/mol. The van der Waals surface area contributed by atoms with Gasteiger partial charge in [-0.15, -0.1) is 10.2 Å². The van der Waals surface area contributed by atoms with Crippen LogP contribution in [0.2, 0.25) is 0 Å². The van der Waals surface area contributed by atoms with Gasteiger partial charge in [0.15, 0.2) is 0 Å². The number of nitrogens with zero attached hydrogens (tertiary/aromatic N) is 5. The van der Waals surface area contributed by atoms with E-state index in [4.69, 9.17) is 5.73 Å². The maximum atomic E-state index is 11.4. The molecule has 0 bridgehead atoms. The van der Waals surface area contributed by atoms with Gasteiger partial charge in [-0.3, -0.25) is 4.57 Å². The summed E-state index contributed by atoms with van der Waals surface area (Å²) in [6.45, 7) is 0.314. The van der Waals surface area contributed by atoms with Crippen molar-refractivity contribution in [3.05, 3.63) is 21.8 Å². The summed E-state index contributed by atoms with van der Waals surface area (Å²) in [6.07, 6.45) is 1.45. The van der Waals surface area contributed by atoms with Crippen molar-refractivity contribution in [1.29, 1.82) is 0 Å². The summed E-state index contributed by atoms with van der Waals surface area (Å²) < 4.78 is 2.70. The van der Waals surface area contributed by atoms with Gasteiger partial charge in [0.05, 0.1) is 0 Å². The Morgan fingerprint density at radius 3 is 2.86 bits per heavy atom. The Kier molecular flexibility index (Phi) is 2.04. The van der Waals surface area contributed by atoms with Gasteiger partial charge in [0.1, 0.15) is 17.9 Å². The zero-order valence-corrected chi connectivity index (χ0v) is 8.23. The van der Waals surface area contributed by atoms with Crippen LogP contribution >= 0.6 is 11.3 Å². The van der Waals surface area contributed by atoms with Crippen LogP contribution in [0.15, 0.2) is 11.1 Å². The molecule has 0 unspecified atom stereocenters. The summed E-state index contributed by atoms with van der Waals surface area (Å²) in [5, 5.41) is 12.4. The summed E-state index contributed by atoms with van der Waals surface area (Å²) in [5.41, 5.74) is 5.23. The minimum absolute atomic E-state index is 0.182. The fourth-order valence-corrected chi connectivity index (χ4v) is 1.58. The lowest BCUT2D eigenvalue weighted by Gasteiger charge is -1.92. The van der Waals surface area contributed by atoms with Crippen LogP contribution in [-0.4, -0.2) is 24.5 Å². The molecule has 74 valence electrons. The summed E-state index contributed by atoms with van der Waals surface area (Å²) in [4.78, 5) is 11.4. The van der Waals surface area contributed by atoms with Gasteiger partial charge in [-0.05, 0) is 0 Å². The van der Waals surface area contributed by atoms with E-state index in [1.165, 1.54) is 26.9 Å². The smallest absolute Gasteiger partial charge is 0.345 e. The van der Waals surface area contributed by atoms with Crippen molar-refractivity contribution in [2.24, 2.45) is 7.05 Å². The first kappa shape index (κ1) is 8.88. The summed E-state index contributed by atoms with van der Waals surface area (Å²) in [5.74, 6) is 0. The molecule has 0 aromatic carbocycles. The van der Waals surface area contributed by atoms with Crippen LogP contribution in [0.1, 0.15) is 5.01 Å². The van der Waals surface area contributed by atoms with Crippen LogP contribution < -0.4 is 11.4 Å². The topological polar surface area (TPSA) is 91.6 Å². The van der Waals surface area contributed by atoms with Gasteiger partial charge in [0.25, 0.3) is 0 Å². The van der Waals surface area contributed by atoms with E-state index in [0.717, 1.165) is 0 Å². The van der Waals surface area contributed by atoms with Crippen molar-refractivity contribution in [2.75, 3.05) is 5.73 Å². The van der Waals surface area contributed by atoms with Crippen LogP contribution in [0.5, 0.6) is 0 Å². The molecule has 7 nitrogen and oxygen atoms in total. The molecular formula is C6H8N6OS. The number of aromatic nitrogens is 5. The molecule has 0 radical (unpaired) electrons. The molecule has 2 aromatic rings. The Balaban J connectivity index is 2.27. The maximum absolute atomic E-state index is 11.4. The fourth-order valence-electron chi connectivity index (χ4n) is 0.988. The number of rotatable bonds is 2. The number of hydrogen-bond acceptors (Lipinski definition) is 6. The minimum Gasteiger partial charge on any atom is -0.374 e. The molecule has 2 N–H and O–H groups in total. The lowest BCUT2D eigenvalue weighted by Crippen LogP contribution is -2.23. The molecular weight excluding hydrogens is 204 g/mol. The number of hydrogen-bond donors (Lipinski definition) is 1. The first-order chi connectivity index (χ1) is 6.66. The zero-order chi connectivity index (χ0) is 10.1. The molecule has 14 heavy (non-hydrogen) atoms. The van der Waals surface area contributed by atoms with Gasteiger partial charge in [-0.25, -0.2) is 9.48 Å². The van der Waals surface area contributed by atoms with Crippen LogP contribution in [0.25, 0.3) is 0 Å². The molecule has 0 spiro atoms. The Labute approximate surface area is 82.8 Å². The third kappa shape index (κ3) is 1.51. The third-order valence-corrected chi connectivity index (χ3v) is 2.39. The average molecular weight is 212 g/mol. The van der Waals surface area contributed by atoms with E-state index in [0.29, 0.717) is 16.7 Å². The predicted octanol–water partition coefficient (Wildman–Crippen LogP) is -0.936. The molecule has 2 heterocycles. The van der Waals surface area contributed by atoms with Crippen LogP contribution in [0.3, 0.4) is 0 Å². The van der Waals surface area contributed by atoms with Crippen molar-refractivity contribution < 1.29 is 0 Å². The molecule has 0 saturated carbocycles. The highest BCUT2D eigenvalue weighted by atomic mass is 32.1. The average Bonchev–Trinajstić information content (AvgIpc) is 2.67. The molecule has 2 aromatic heterocycles. The highest BCUT2D eigenvalue weighted by molar-refractivity contribution is 7.15. The SMILES string of the molecule is Cn1cnn(Cc2nnc(N)s2)c1=O. The molecule has 2 rings (SSSR count). The lowest BCUT2D eigenvalue weighted by molar-refractivity contribution is 0.640. The van der Waals surface area contributed by atoms with E-state index in [-0.39, 0.29) is 5.69 Å². The van der Waals surface area contributed by atoms with Gasteiger partial charge in [0.2, 0.25) is 5.13 Å². The molecule has 0 atom stereocenters. The quantitative estimate of drug-likeness (QED) is 0.694. The molecule has 0 aliphatic heterocycles. The van der Waals surface area contributed by atoms with Crippen molar-refractivity contribution >= 4 is 16.5 Å². The summed E-state index contributed by atoms with van der Waals surface area (Å²) in [7, 11) is 1.64. The number of nitrogens with two attached hydrogens (primary N) is 1. The molecule has 0 saturated heterocycles. The van der Waals surface area contributed by atoms with Crippen LogP contribution in [0.4, 0.5) is 5.13 Å². The molecule has 0 aliphatic carbocycles. The number of aryl methyl sites for hydroxylation is 1. The van der Waals surface area contributed by atoms with Crippen LogP contribution in [0, 0.1) is 0 Å². The maximum Gasteiger partial charge on any atom is 0.345 e. The van der Waals surface area contributed by atoms with Gasteiger partial charge >= 0.3 is 5.69 Å². The minimum atomic E-state index is -0.182. The van der Waals surface area contributed by atoms with Gasteiger partial charge in [-0.1, -0.05) is 11.3 Å². The van der Waals surface area contributed by atoms with E-state index in [1.54, 1.807) is 7.05 Å². The monoisotopic (exact) mass is 212 g/mol. The largest absolute Gasteiger partial charge is 0.374 e. The summed E-state index contributed by atoms with van der Waals surface area (Å²) >= 11 is 1.25. The van der Waals surface area contributed by atoms with Gasteiger partial charge < -0.3 is 5.73 Å². The Morgan fingerprint density at radius 1 is 1.57 bits per heavy atom. The molecule has 0 fully saturated rings. The number of anilines is 1. The lowest BCUT2D eigenvalue weighted by atomic mass is 10.7. The second kappa shape index (κ2) is 3.22. The van der Waals surface area contributed by atoms with Crippen molar-refractivity contribution in [3.8, 4) is 0 Å². The molecule has 0 aliphatic rings. The van der Waals surface area contributed by atoms with Crippen molar-refractivity contribution in [3.63, 3.8) is 0 Å². The van der Waals surface area contributed by atoms with Gasteiger partial charge in [-0.2, -0.15) is 5.10 Å². The second-order valence-corrected chi connectivity index (χ2v) is 3.81. The Hall–Kier alpha value is -1.70. The highest BCUT2D eigenvalue weighted by Crippen LogP contribution is 2.10. The second-order valence-electron chi connectivity index (χ2n) is 2.72. The molecule has 8 heteroatoms. The number of nitrogen functional groups attached to an aromatic ring is 1. The van der Waals surface area contributed by atoms with E-state index in [2.05, 4.69) is 15.3 Å². The van der Waals surface area contributed by atoms with E-state index in [1.807, 2.05) is 0 Å². The zero-order valence-electron chi connectivity index (χ0n) is 7.41. The fraction of sp³-hybridized carbons (Fsp3) is 0.333. The Bertz CT molecular complexity index is 496. The molecule has 0 amide bonds. The standard InChI is InChI=1S/C6H8N6OS/c1-11-3-8-12(6(11)13)2-4-9-10-5(7)14-4/h3H,2H2,1H3,(H2,7,10). The summed E-state index contributed by atoms with van der Waals surface area (Å²) in [6, 6.07) is 0. The normalized spacial score (nSPS) is 10.6. The van der Waals surface area contributed by atoms with Crippen molar-refractivity contribution in [1.82, 2.24) is 24.5 Å². The van der Waals surface area contributed by atoms with E-state index in [9.17, 15) is 4.79 Å². The first-order valence-electron chi connectivity index (χ1n) is 3.83. The van der Waals surface area contributed by atoms with Gasteiger partial charge in [0, 0.05) is 7.05 Å². The highest BCUT2D eigenvalue weighted by Gasteiger charge is 2.06.